The van der Waals surface area contributed by atoms with Gasteiger partial charge in [-0.05, 0) is 85.2 Å². The number of imide groups is 1. The number of thioether (sulfide) groups is 1. The van der Waals surface area contributed by atoms with Crippen LogP contribution in [0.15, 0.2) is 76.6 Å². The van der Waals surface area contributed by atoms with E-state index < -0.39 is 16.8 Å². The van der Waals surface area contributed by atoms with Crippen molar-refractivity contribution in [3.63, 3.8) is 0 Å². The zero-order valence-electron chi connectivity index (χ0n) is 27.4. The van der Waals surface area contributed by atoms with Crippen LogP contribution in [0.4, 0.5) is 17.1 Å². The van der Waals surface area contributed by atoms with Gasteiger partial charge in [0, 0.05) is 33.9 Å². The van der Waals surface area contributed by atoms with Crippen LogP contribution in [0.2, 0.25) is 0 Å². The number of aromatic nitrogens is 1. The third-order valence-electron chi connectivity index (χ3n) is 10.4. The summed E-state index contributed by atoms with van der Waals surface area (Å²) in [6.07, 6.45) is 0.710. The molecule has 3 fully saturated rings. The zero-order chi connectivity index (χ0) is 35.6. The lowest BCUT2D eigenvalue weighted by molar-refractivity contribution is -0.384. The number of nitro groups is 1. The molecule has 3 amide bonds. The Bertz CT molecular complexity index is 2120. The number of ether oxygens (including phenoxy) is 3. The number of hydrogen-bond donors (Lipinski definition) is 2. The maximum atomic E-state index is 14.1. The Morgan fingerprint density at radius 2 is 1.71 bits per heavy atom. The van der Waals surface area contributed by atoms with Crippen molar-refractivity contribution in [2.24, 2.45) is 29.6 Å². The summed E-state index contributed by atoms with van der Waals surface area (Å²) in [5.41, 5.74) is 1.69. The highest BCUT2D eigenvalue weighted by Gasteiger charge is 2.69. The van der Waals surface area contributed by atoms with E-state index in [0.717, 1.165) is 26.8 Å². The standard InChI is InChI=1S/C36H32N4O9S2/c1-3-48-25-14-17(4-13-24(25)49-16-26(41)37-18-5-11-21(47-2)12-6-18)27-28-22-15-23(31(28)50-33-32(27)51-36(44)38-33)30-29(22)34(42)39(35(30)43)19-7-9-20(10-8-19)40(45)46/h4-14,22-23,27-31H,3,15-16H2,1-2H3,(H,37,41)(H,38,44)/t22-,23-,27+,28-,29+,30+,31-/m1/s1. The van der Waals surface area contributed by atoms with Crippen LogP contribution in [-0.2, 0) is 14.4 Å². The molecule has 0 unspecified atom stereocenters. The number of hydrogen-bond acceptors (Lipinski definition) is 11. The number of carbonyl (C=O) groups is 3. The van der Waals surface area contributed by atoms with Crippen molar-refractivity contribution in [3.05, 3.63) is 97.0 Å². The Labute approximate surface area is 299 Å². The highest BCUT2D eigenvalue weighted by atomic mass is 32.2. The highest BCUT2D eigenvalue weighted by Crippen LogP contribution is 2.68. The predicted octanol–water partition coefficient (Wildman–Crippen LogP) is 5.45. The van der Waals surface area contributed by atoms with E-state index in [1.165, 1.54) is 29.2 Å². The Balaban J connectivity index is 1.08. The Morgan fingerprint density at radius 3 is 2.39 bits per heavy atom. The first kappa shape index (κ1) is 33.0. The van der Waals surface area contributed by atoms with Gasteiger partial charge in [-0.15, -0.1) is 11.8 Å². The van der Waals surface area contributed by atoms with Crippen molar-refractivity contribution in [1.82, 2.24) is 4.98 Å². The second kappa shape index (κ2) is 12.9. The molecule has 2 aliphatic carbocycles. The van der Waals surface area contributed by atoms with Gasteiger partial charge in [0.25, 0.3) is 11.6 Å². The first-order valence-corrected chi connectivity index (χ1v) is 18.2. The quantitative estimate of drug-likeness (QED) is 0.122. The topological polar surface area (TPSA) is 170 Å². The average Bonchev–Trinajstić information content (AvgIpc) is 3.87. The number of nitrogens with one attached hydrogen (secondary N) is 2. The van der Waals surface area contributed by atoms with Crippen LogP contribution in [0.5, 0.6) is 17.2 Å². The Morgan fingerprint density at radius 1 is 0.980 bits per heavy atom. The number of thiazole rings is 1. The van der Waals surface area contributed by atoms with Crippen LogP contribution in [0, 0.1) is 39.7 Å². The number of anilines is 2. The maximum absolute atomic E-state index is 14.1. The molecule has 2 saturated carbocycles. The number of nitrogens with zero attached hydrogens (tertiary/aromatic N) is 2. The summed E-state index contributed by atoms with van der Waals surface area (Å²) in [4.78, 5) is 69.1. The minimum absolute atomic E-state index is 0.0271. The monoisotopic (exact) mass is 728 g/mol. The van der Waals surface area contributed by atoms with Crippen LogP contribution in [0.25, 0.3) is 0 Å². The van der Waals surface area contributed by atoms with Crippen LogP contribution >= 0.6 is 23.1 Å². The molecule has 3 aromatic carbocycles. The van der Waals surface area contributed by atoms with Gasteiger partial charge < -0.3 is 24.5 Å². The predicted molar refractivity (Wildman–Crippen MR) is 189 cm³/mol. The number of nitro benzene ring substituents is 1. The minimum Gasteiger partial charge on any atom is -0.497 e. The summed E-state index contributed by atoms with van der Waals surface area (Å²) in [6.45, 7) is 1.94. The van der Waals surface area contributed by atoms with Crippen LogP contribution < -0.4 is 29.3 Å². The van der Waals surface area contributed by atoms with E-state index in [1.54, 1.807) is 49.2 Å². The number of aromatic amines is 1. The molecular formula is C36H32N4O9S2. The van der Waals surface area contributed by atoms with Crippen LogP contribution in [-0.4, -0.2) is 53.2 Å². The molecule has 8 rings (SSSR count). The fraction of sp³-hybridized carbons (Fsp3) is 0.333. The summed E-state index contributed by atoms with van der Waals surface area (Å²) >= 11 is 2.74. The number of methoxy groups -OCH3 is 1. The first-order valence-electron chi connectivity index (χ1n) is 16.5. The molecule has 4 aliphatic rings. The van der Waals surface area contributed by atoms with Crippen molar-refractivity contribution in [2.75, 3.05) is 30.5 Å². The van der Waals surface area contributed by atoms with Crippen molar-refractivity contribution >= 4 is 57.9 Å². The Hall–Kier alpha value is -5.15. The molecule has 3 heterocycles. The number of fused-ring (bicyclic) bond motifs is 9. The van der Waals surface area contributed by atoms with Gasteiger partial charge in [0.05, 0.1) is 41.2 Å². The molecule has 1 aromatic heterocycles. The second-order valence-electron chi connectivity index (χ2n) is 13.0. The summed E-state index contributed by atoms with van der Waals surface area (Å²) in [5.74, 6) is -0.958. The molecule has 262 valence electrons. The van der Waals surface area contributed by atoms with Gasteiger partial charge in [0.15, 0.2) is 18.1 Å². The summed E-state index contributed by atoms with van der Waals surface area (Å²) < 4.78 is 17.1. The molecule has 51 heavy (non-hydrogen) atoms. The first-order chi connectivity index (χ1) is 24.7. The van der Waals surface area contributed by atoms with E-state index in [1.807, 2.05) is 19.1 Å². The number of rotatable bonds is 10. The molecule has 15 heteroatoms. The largest absolute Gasteiger partial charge is 0.497 e. The SMILES string of the molecule is CCOc1cc([C@@H]2c3sc(=O)[nH]c3S[C@@H]3[C@@H]4C[C@@H]([C@@H]5C(=O)N(c6ccc([N+](=O)[O-])cc6)C(=O)[C@@H]45)[C@H]23)ccc1OCC(=O)Nc1ccc(OC)cc1. The lowest BCUT2D eigenvalue weighted by atomic mass is 9.68. The summed E-state index contributed by atoms with van der Waals surface area (Å²) in [6, 6.07) is 18.0. The van der Waals surface area contributed by atoms with Gasteiger partial charge in [-0.2, -0.15) is 0 Å². The number of amides is 3. The van der Waals surface area contributed by atoms with E-state index in [2.05, 4.69) is 10.3 Å². The van der Waals surface area contributed by atoms with Gasteiger partial charge in [0.2, 0.25) is 11.8 Å². The van der Waals surface area contributed by atoms with Crippen molar-refractivity contribution < 1.29 is 33.5 Å². The fourth-order valence-corrected chi connectivity index (χ4v) is 11.4. The molecular weight excluding hydrogens is 697 g/mol. The molecule has 2 bridgehead atoms. The third-order valence-corrected chi connectivity index (χ3v) is 13.0. The molecule has 1 saturated heterocycles. The van der Waals surface area contributed by atoms with Gasteiger partial charge in [-0.1, -0.05) is 17.4 Å². The van der Waals surface area contributed by atoms with E-state index in [-0.39, 0.29) is 63.8 Å². The van der Waals surface area contributed by atoms with Crippen molar-refractivity contribution in [1.29, 1.82) is 0 Å². The number of non-ortho nitro benzene ring substituents is 1. The van der Waals surface area contributed by atoms with E-state index in [9.17, 15) is 29.3 Å². The lowest BCUT2D eigenvalue weighted by Gasteiger charge is -2.43. The molecule has 0 spiro atoms. The average molecular weight is 729 g/mol. The lowest BCUT2D eigenvalue weighted by Crippen LogP contribution is -2.42. The fourth-order valence-electron chi connectivity index (χ4n) is 8.49. The van der Waals surface area contributed by atoms with E-state index in [0.29, 0.717) is 41.7 Å². The van der Waals surface area contributed by atoms with Crippen LogP contribution in [0.3, 0.4) is 0 Å². The molecule has 2 aliphatic heterocycles. The molecule has 0 radical (unpaired) electrons. The number of carbonyl (C=O) groups excluding carboxylic acids is 3. The molecule has 4 aromatic rings. The van der Waals surface area contributed by atoms with Crippen LogP contribution in [0.1, 0.15) is 29.7 Å². The van der Waals surface area contributed by atoms with Gasteiger partial charge in [-0.3, -0.25) is 34.2 Å². The smallest absolute Gasteiger partial charge is 0.305 e. The maximum Gasteiger partial charge on any atom is 0.305 e. The number of H-pyrrole nitrogens is 1. The summed E-state index contributed by atoms with van der Waals surface area (Å²) in [5, 5.41) is 14.8. The van der Waals surface area contributed by atoms with E-state index in [4.69, 9.17) is 14.2 Å². The molecule has 2 N–H and O–H groups in total. The van der Waals surface area contributed by atoms with Crippen molar-refractivity contribution in [3.8, 4) is 17.2 Å². The van der Waals surface area contributed by atoms with Gasteiger partial charge >= 0.3 is 4.87 Å². The highest BCUT2D eigenvalue weighted by molar-refractivity contribution is 8.00. The zero-order valence-corrected chi connectivity index (χ0v) is 29.0. The van der Waals surface area contributed by atoms with E-state index >= 15 is 0 Å². The second-order valence-corrected chi connectivity index (χ2v) is 15.2. The Kier molecular flexibility index (Phi) is 8.33. The normalized spacial score (nSPS) is 25.6. The minimum atomic E-state index is -0.530. The third kappa shape index (κ3) is 5.55. The van der Waals surface area contributed by atoms with Gasteiger partial charge in [-0.25, -0.2) is 0 Å². The molecule has 7 atom stereocenters. The molecule has 13 nitrogen and oxygen atoms in total. The van der Waals surface area contributed by atoms with Gasteiger partial charge in [0.1, 0.15) is 5.75 Å². The van der Waals surface area contributed by atoms with Crippen molar-refractivity contribution in [2.45, 2.75) is 29.5 Å². The number of benzene rings is 3. The summed E-state index contributed by atoms with van der Waals surface area (Å²) in [7, 11) is 1.57.